The molecule has 15 atom stereocenters. The number of phenols is 1. The normalized spacial score (nSPS) is 33.8. The van der Waals surface area contributed by atoms with Gasteiger partial charge in [0, 0.05) is 82.4 Å². The molecule has 11 bridgehead atoms. The summed E-state index contributed by atoms with van der Waals surface area (Å²) in [7, 11) is 3.76. The van der Waals surface area contributed by atoms with Crippen molar-refractivity contribution in [3.05, 3.63) is 164 Å². The number of carbonyl (C=O) groups is 1. The zero-order chi connectivity index (χ0) is 57.7. The number of H-pyrrole nitrogens is 1. The molecule has 11 nitrogen and oxygen atoms in total. The minimum Gasteiger partial charge on any atom is -0.507 e. The number of anilines is 1. The summed E-state index contributed by atoms with van der Waals surface area (Å²) in [6.07, 6.45) is 21.2. The molecule has 2 aliphatic heterocycles. The molecule has 6 aliphatic carbocycles. The minimum absolute atomic E-state index is 0.0336. The summed E-state index contributed by atoms with van der Waals surface area (Å²) >= 11 is 3.28. The van der Waals surface area contributed by atoms with Gasteiger partial charge in [0.25, 0.3) is 0 Å². The molecule has 5 heterocycles. The number of benzene rings is 3. The number of phenolic OH excluding ortho intramolecular Hbond substituents is 1. The molecule has 8 aliphatic rings. The Morgan fingerprint density at radius 2 is 1.83 bits per heavy atom. The molecule has 0 unspecified atom stereocenters. The van der Waals surface area contributed by atoms with Crippen LogP contribution in [0.1, 0.15) is 136 Å². The van der Waals surface area contributed by atoms with Gasteiger partial charge in [-0.2, -0.15) is 0 Å². The van der Waals surface area contributed by atoms with E-state index in [1.807, 2.05) is 45.3 Å². The summed E-state index contributed by atoms with van der Waals surface area (Å²) < 4.78 is 0. The van der Waals surface area contributed by atoms with Crippen LogP contribution < -0.4 is 21.7 Å². The molecule has 84 heavy (non-hydrogen) atoms. The number of aromatic amines is 1. The molecule has 9 N–H and O–H groups in total. The van der Waals surface area contributed by atoms with E-state index >= 15 is 4.79 Å². The molecular formula is C71H77N7O4S2. The van der Waals surface area contributed by atoms with Gasteiger partial charge in [-0.05, 0) is 190 Å². The standard InChI is InChI=1S/C71H77N7O4S2/c1-5-10-46-17-21-57(83-46)58-22-23-59(84-58)66(81)53-27-29-69-28-26-52-64(70(39-71(52,53)38-69)30-25-44(35-73-3)54(70)37-79)50-19-18-47-45(33-61(69)78-67(72)74-4)32-56(80)48-20-24-60(77-65(47)48)68(2,82)34-43-13-9-14-49-62(50)42(16-15-41-11-7-6-8-12-41)31-51(63(43)49)55-36-75-40-76-55/h6-9,11-14,17,20-24,26,28,32,36,40,42,44,50-54,60-62,64,73,77,79-80,82H,15-16,25,27,29-31,33-35,37-39H2,1-4H3,(H,75,76)(H3,72,74,78)/t42-,44-,50-,51+,52-,53-,54+,60-,61+,62+,64-,68-,69-,70-,71+/m1/s1. The van der Waals surface area contributed by atoms with E-state index in [1.165, 1.54) is 16.7 Å². The first-order chi connectivity index (χ1) is 40.8. The van der Waals surface area contributed by atoms with Crippen LogP contribution in [0, 0.1) is 81.4 Å². The van der Waals surface area contributed by atoms with Crippen LogP contribution in [-0.4, -0.2) is 82.0 Å². The Balaban J connectivity index is 1.06. The summed E-state index contributed by atoms with van der Waals surface area (Å²) in [5.74, 6) is 14.8. The van der Waals surface area contributed by atoms with Crippen molar-refractivity contribution in [1.82, 2.24) is 20.6 Å². The van der Waals surface area contributed by atoms with E-state index in [0.29, 0.717) is 30.8 Å². The van der Waals surface area contributed by atoms with Gasteiger partial charge in [0.1, 0.15) is 5.75 Å². The first-order valence-electron chi connectivity index (χ1n) is 30.6. The predicted octanol–water partition coefficient (Wildman–Crippen LogP) is 11.5. The largest absolute Gasteiger partial charge is 0.507 e. The number of aliphatic hydroxyl groups is 2. The number of guanidine groups is 1. The molecule has 13 heteroatoms. The van der Waals surface area contributed by atoms with Gasteiger partial charge >= 0.3 is 0 Å². The number of aliphatic imine (C=N–C) groups is 1. The maximum atomic E-state index is 16.4. The number of ketones is 1. The Morgan fingerprint density at radius 3 is 2.63 bits per heavy atom. The number of hydrogen-bond acceptors (Lipinski definition) is 10. The zero-order valence-electron chi connectivity index (χ0n) is 48.6. The molecule has 0 amide bonds. The van der Waals surface area contributed by atoms with Crippen molar-refractivity contribution < 1.29 is 20.1 Å². The predicted molar refractivity (Wildman–Crippen MR) is 337 cm³/mol. The van der Waals surface area contributed by atoms with Crippen molar-refractivity contribution in [1.29, 1.82) is 0 Å². The van der Waals surface area contributed by atoms with Gasteiger partial charge in [0.05, 0.1) is 39.0 Å². The summed E-state index contributed by atoms with van der Waals surface area (Å²) in [6, 6.07) is 27.3. The molecule has 3 fully saturated rings. The van der Waals surface area contributed by atoms with Crippen molar-refractivity contribution in [3.8, 4) is 39.2 Å². The van der Waals surface area contributed by atoms with E-state index in [0.717, 1.165) is 105 Å². The highest BCUT2D eigenvalue weighted by Gasteiger charge is 2.73. The van der Waals surface area contributed by atoms with Crippen molar-refractivity contribution >= 4 is 46.2 Å². The lowest BCUT2D eigenvalue weighted by Gasteiger charge is -2.58. The topological polar surface area (TPSA) is 181 Å². The van der Waals surface area contributed by atoms with Gasteiger partial charge < -0.3 is 42.0 Å². The number of rotatable bonds is 11. The van der Waals surface area contributed by atoms with Gasteiger partial charge in [0.2, 0.25) is 0 Å². The lowest BCUT2D eigenvalue weighted by molar-refractivity contribution is -0.0226. The van der Waals surface area contributed by atoms with Crippen LogP contribution in [0.2, 0.25) is 0 Å². The maximum absolute atomic E-state index is 16.4. The van der Waals surface area contributed by atoms with Crippen LogP contribution in [0.15, 0.2) is 115 Å². The summed E-state index contributed by atoms with van der Waals surface area (Å²) in [5, 5.41) is 49.1. The first-order valence-corrected chi connectivity index (χ1v) is 32.3. The monoisotopic (exact) mass is 1160 g/mol. The van der Waals surface area contributed by atoms with Crippen molar-refractivity contribution in [2.75, 3.05) is 32.6 Å². The lowest BCUT2D eigenvalue weighted by atomic mass is 9.46. The van der Waals surface area contributed by atoms with Crippen molar-refractivity contribution in [2.24, 2.45) is 68.4 Å². The highest BCUT2D eigenvalue weighted by molar-refractivity contribution is 7.23. The second-order valence-corrected chi connectivity index (χ2v) is 28.5. The smallest absolute Gasteiger partial charge is 0.188 e. The molecule has 3 spiro atoms. The molecule has 432 valence electrons. The molecular weight excluding hydrogens is 1080 g/mol. The van der Waals surface area contributed by atoms with Gasteiger partial charge in [-0.1, -0.05) is 90.6 Å². The minimum atomic E-state index is -1.28. The molecule has 0 saturated heterocycles. The number of allylic oxidation sites excluding steroid dienone is 1. The second kappa shape index (κ2) is 21.4. The van der Waals surface area contributed by atoms with Gasteiger partial charge in [0.15, 0.2) is 11.7 Å². The fourth-order valence-corrected chi connectivity index (χ4v) is 20.9. The van der Waals surface area contributed by atoms with Gasteiger partial charge in [-0.25, -0.2) is 4.98 Å². The number of aliphatic hydroxyl groups excluding tert-OH is 1. The number of aromatic nitrogens is 2. The van der Waals surface area contributed by atoms with Gasteiger partial charge in [-0.3, -0.25) is 9.79 Å². The van der Waals surface area contributed by atoms with Crippen molar-refractivity contribution in [3.63, 3.8) is 0 Å². The van der Waals surface area contributed by atoms with E-state index in [9.17, 15) is 15.3 Å². The van der Waals surface area contributed by atoms with Gasteiger partial charge in [-0.15, -0.1) is 28.6 Å². The number of Topliss-reactive ketones (excluding diaryl/α,β-unsaturated/α-hetero) is 1. The Labute approximate surface area is 502 Å². The Hall–Kier alpha value is -6.71. The van der Waals surface area contributed by atoms with E-state index in [1.54, 1.807) is 36.0 Å². The summed E-state index contributed by atoms with van der Waals surface area (Å²) in [6.45, 7) is 4.63. The SMILES string of the molecule is CC#Cc1ccc(-c2ccc(C(=O)[C@H]3CC[C@@]45C=C[C@@H]6[C@@H]([C@@H]7C#Cc8c(cc(O)c9c8N[C@H](C=C9)[C@](C)(O)Cc8cccc9c8[C@H](c8cnc[nH]8)C[C@@H](CCc8ccccc8)[C@@H]97)C[C@@H]4NC(N)=NC)[C@]4(CC[C@H](CNC)[C@@H]4CO)C[C@]36C5)s2)s1. The van der Waals surface area contributed by atoms with E-state index in [2.05, 4.69) is 140 Å². The van der Waals surface area contributed by atoms with Crippen LogP contribution in [0.3, 0.4) is 0 Å². The third-order valence-electron chi connectivity index (χ3n) is 22.2. The number of carbonyl (C=O) groups excluding carboxylic acids is 1. The fourth-order valence-electron chi connectivity index (χ4n) is 18.9. The number of hydrogen-bond donors (Lipinski definition) is 8. The third-order valence-corrected chi connectivity index (χ3v) is 24.5. The molecule has 14 rings (SSSR count). The second-order valence-electron chi connectivity index (χ2n) is 26.3. The van der Waals surface area contributed by atoms with Crippen LogP contribution in [0.4, 0.5) is 5.69 Å². The van der Waals surface area contributed by atoms with Crippen LogP contribution in [-0.2, 0) is 19.3 Å². The van der Waals surface area contributed by atoms with Crippen LogP contribution in [0.25, 0.3) is 15.8 Å². The lowest BCUT2D eigenvalue weighted by Crippen LogP contribution is -2.59. The maximum Gasteiger partial charge on any atom is 0.188 e. The first kappa shape index (κ1) is 55.2. The zero-order valence-corrected chi connectivity index (χ0v) is 50.2. The Morgan fingerprint density at radius 1 is 0.988 bits per heavy atom. The molecule has 3 saturated carbocycles. The summed E-state index contributed by atoms with van der Waals surface area (Å²) in [4.78, 5) is 33.2. The van der Waals surface area contributed by atoms with E-state index < -0.39 is 27.9 Å². The highest BCUT2D eigenvalue weighted by atomic mass is 32.1. The number of nitrogens with two attached hydrogens (primary N) is 1. The number of fused-ring (bicyclic) bond motifs is 5. The highest BCUT2D eigenvalue weighted by Crippen LogP contribution is 2.77. The average Bonchev–Trinajstić information content (AvgIpc) is 1.59. The fraction of sp³-hybridized carbons (Fsp3) is 0.451. The molecule has 3 aromatic heterocycles. The third kappa shape index (κ3) is 8.88. The van der Waals surface area contributed by atoms with Crippen LogP contribution in [0.5, 0.6) is 5.75 Å². The summed E-state index contributed by atoms with van der Waals surface area (Å²) in [5.41, 5.74) is 13.2. The van der Waals surface area contributed by atoms with E-state index in [-0.39, 0.29) is 77.4 Å². The Kier molecular flexibility index (Phi) is 14.0. The number of aryl methyl sites for hydroxylation is 1. The number of nitrogens with one attached hydrogen (secondary N) is 4. The number of imidazole rings is 1. The Bertz CT molecular complexity index is 3760. The molecule has 0 radical (unpaired) electrons. The number of nitrogens with zero attached hydrogens (tertiary/aromatic N) is 2. The number of aromatic hydroxyl groups is 1. The molecule has 3 aromatic carbocycles. The van der Waals surface area contributed by atoms with E-state index in [4.69, 9.17) is 5.73 Å². The van der Waals surface area contributed by atoms with Crippen molar-refractivity contribution in [2.45, 2.75) is 114 Å². The quantitative estimate of drug-likeness (QED) is 0.0206. The average molecular weight is 1160 g/mol. The van der Waals surface area contributed by atoms with Crippen LogP contribution >= 0.6 is 22.7 Å². The number of thiophene rings is 2. The molecule has 6 aromatic rings.